The van der Waals surface area contributed by atoms with Crippen LogP contribution in [0.4, 0.5) is 4.39 Å². The first-order chi connectivity index (χ1) is 9.50. The highest BCUT2D eigenvalue weighted by Gasteiger charge is 2.33. The highest BCUT2D eigenvalue weighted by atomic mass is 19.1. The zero-order valence-corrected chi connectivity index (χ0v) is 12.7. The fourth-order valence-corrected chi connectivity index (χ4v) is 3.05. The maximum Gasteiger partial charge on any atom is 0.123 e. The smallest absolute Gasteiger partial charge is 0.123 e. The predicted octanol–water partition coefficient (Wildman–Crippen LogP) is 3.35. The molecule has 1 saturated heterocycles. The van der Waals surface area contributed by atoms with E-state index in [4.69, 9.17) is 5.73 Å². The molecule has 20 heavy (non-hydrogen) atoms. The van der Waals surface area contributed by atoms with E-state index in [9.17, 15) is 4.39 Å². The van der Waals surface area contributed by atoms with E-state index in [1.54, 1.807) is 12.1 Å². The molecule has 0 spiro atoms. The van der Waals surface area contributed by atoms with E-state index in [1.807, 2.05) is 6.07 Å². The van der Waals surface area contributed by atoms with Crippen molar-refractivity contribution in [2.75, 3.05) is 13.1 Å². The molecule has 2 rings (SSSR count). The lowest BCUT2D eigenvalue weighted by Crippen LogP contribution is -2.57. The summed E-state index contributed by atoms with van der Waals surface area (Å²) in [5.41, 5.74) is 7.39. The molecule has 3 heteroatoms. The van der Waals surface area contributed by atoms with Gasteiger partial charge in [0.15, 0.2) is 0 Å². The Morgan fingerprint density at radius 2 is 1.85 bits per heavy atom. The average Bonchev–Trinajstić information content (AvgIpc) is 2.67. The van der Waals surface area contributed by atoms with E-state index in [-0.39, 0.29) is 17.4 Å². The van der Waals surface area contributed by atoms with Crippen molar-refractivity contribution in [3.63, 3.8) is 0 Å². The second-order valence-corrected chi connectivity index (χ2v) is 6.50. The minimum absolute atomic E-state index is 0.0161. The average molecular weight is 278 g/mol. The Bertz CT molecular complexity index is 423. The van der Waals surface area contributed by atoms with Crippen molar-refractivity contribution < 1.29 is 4.39 Å². The Balaban J connectivity index is 2.03. The third-order valence-electron chi connectivity index (χ3n) is 4.67. The summed E-state index contributed by atoms with van der Waals surface area (Å²) in [6.45, 7) is 6.71. The van der Waals surface area contributed by atoms with Gasteiger partial charge in [0.1, 0.15) is 5.82 Å². The summed E-state index contributed by atoms with van der Waals surface area (Å²) in [4.78, 5) is 2.52. The summed E-state index contributed by atoms with van der Waals surface area (Å²) < 4.78 is 13.3. The zero-order valence-electron chi connectivity index (χ0n) is 12.7. The largest absolute Gasteiger partial charge is 0.326 e. The van der Waals surface area contributed by atoms with Gasteiger partial charge < -0.3 is 5.73 Å². The van der Waals surface area contributed by atoms with Crippen LogP contribution < -0.4 is 5.73 Å². The Morgan fingerprint density at radius 3 is 2.45 bits per heavy atom. The van der Waals surface area contributed by atoms with Crippen LogP contribution in [0.15, 0.2) is 24.3 Å². The van der Waals surface area contributed by atoms with Crippen molar-refractivity contribution in [2.45, 2.75) is 57.5 Å². The maximum absolute atomic E-state index is 13.3. The lowest BCUT2D eigenvalue weighted by atomic mass is 9.88. The monoisotopic (exact) mass is 278 g/mol. The van der Waals surface area contributed by atoms with Crippen LogP contribution in [0.1, 0.15) is 45.1 Å². The normalized spacial score (nSPS) is 19.6. The molecule has 0 aliphatic carbocycles. The van der Waals surface area contributed by atoms with Crippen LogP contribution >= 0.6 is 0 Å². The Kier molecular flexibility index (Phi) is 5.17. The Labute approximate surface area is 122 Å². The lowest BCUT2D eigenvalue weighted by molar-refractivity contribution is 0.0979. The first-order valence-electron chi connectivity index (χ1n) is 7.75. The van der Waals surface area contributed by atoms with Crippen molar-refractivity contribution in [1.29, 1.82) is 0 Å². The van der Waals surface area contributed by atoms with Gasteiger partial charge in [0.05, 0.1) is 0 Å². The zero-order chi connectivity index (χ0) is 14.6. The van der Waals surface area contributed by atoms with E-state index in [0.29, 0.717) is 0 Å². The highest BCUT2D eigenvalue weighted by molar-refractivity contribution is 5.18. The standard InChI is InChI=1S/C17H27FN2/c1-17(2,20-10-5-3-4-6-11-20)16(19)13-14-8-7-9-15(18)12-14/h7-9,12,16H,3-6,10-11,13,19H2,1-2H3. The second-order valence-electron chi connectivity index (χ2n) is 6.50. The van der Waals surface area contributed by atoms with Gasteiger partial charge in [0.2, 0.25) is 0 Å². The van der Waals surface area contributed by atoms with Crippen molar-refractivity contribution in [2.24, 2.45) is 5.73 Å². The van der Waals surface area contributed by atoms with E-state index in [1.165, 1.54) is 31.7 Å². The minimum atomic E-state index is -0.178. The molecular formula is C17H27FN2. The molecule has 0 amide bonds. The molecule has 1 unspecified atom stereocenters. The number of nitrogens with zero attached hydrogens (tertiary/aromatic N) is 1. The molecule has 0 radical (unpaired) electrons. The van der Waals surface area contributed by atoms with Gasteiger partial charge >= 0.3 is 0 Å². The predicted molar refractivity (Wildman–Crippen MR) is 82.2 cm³/mol. The van der Waals surface area contributed by atoms with Gasteiger partial charge in [-0.2, -0.15) is 0 Å². The summed E-state index contributed by atoms with van der Waals surface area (Å²) in [5, 5.41) is 0. The van der Waals surface area contributed by atoms with E-state index < -0.39 is 0 Å². The summed E-state index contributed by atoms with van der Waals surface area (Å²) in [6.07, 6.45) is 5.89. The van der Waals surface area contributed by atoms with Gasteiger partial charge in [-0.05, 0) is 63.9 Å². The van der Waals surface area contributed by atoms with E-state index in [2.05, 4.69) is 18.7 Å². The lowest BCUT2D eigenvalue weighted by Gasteiger charge is -2.42. The molecule has 1 aromatic carbocycles. The number of hydrogen-bond donors (Lipinski definition) is 1. The molecule has 1 aliphatic rings. The minimum Gasteiger partial charge on any atom is -0.326 e. The Hall–Kier alpha value is -0.930. The second kappa shape index (κ2) is 6.68. The fourth-order valence-electron chi connectivity index (χ4n) is 3.05. The van der Waals surface area contributed by atoms with Gasteiger partial charge in [-0.3, -0.25) is 4.90 Å². The van der Waals surface area contributed by atoms with Crippen molar-refractivity contribution in [1.82, 2.24) is 4.90 Å². The molecular weight excluding hydrogens is 251 g/mol. The van der Waals surface area contributed by atoms with Gasteiger partial charge in [-0.15, -0.1) is 0 Å². The number of halogens is 1. The van der Waals surface area contributed by atoms with E-state index >= 15 is 0 Å². The molecule has 1 heterocycles. The van der Waals surface area contributed by atoms with Crippen molar-refractivity contribution >= 4 is 0 Å². The molecule has 1 aliphatic heterocycles. The third-order valence-corrected chi connectivity index (χ3v) is 4.67. The van der Waals surface area contributed by atoms with Gasteiger partial charge in [0, 0.05) is 11.6 Å². The number of benzene rings is 1. The van der Waals surface area contributed by atoms with Crippen LogP contribution in [0.5, 0.6) is 0 Å². The molecule has 0 bridgehead atoms. The summed E-state index contributed by atoms with van der Waals surface area (Å²) in [5.74, 6) is -0.178. The van der Waals surface area contributed by atoms with Crippen LogP contribution in [0.3, 0.4) is 0 Å². The van der Waals surface area contributed by atoms with Gasteiger partial charge in [-0.1, -0.05) is 25.0 Å². The van der Waals surface area contributed by atoms with Crippen molar-refractivity contribution in [3.8, 4) is 0 Å². The van der Waals surface area contributed by atoms with Crippen LogP contribution in [0.2, 0.25) is 0 Å². The van der Waals surface area contributed by atoms with E-state index in [0.717, 1.165) is 25.1 Å². The molecule has 1 fully saturated rings. The molecule has 1 atom stereocenters. The summed E-state index contributed by atoms with van der Waals surface area (Å²) in [6, 6.07) is 6.81. The first-order valence-corrected chi connectivity index (χ1v) is 7.75. The number of likely N-dealkylation sites (tertiary alicyclic amines) is 1. The van der Waals surface area contributed by atoms with Crippen LogP contribution in [0, 0.1) is 5.82 Å². The highest BCUT2D eigenvalue weighted by Crippen LogP contribution is 2.24. The maximum atomic E-state index is 13.3. The summed E-state index contributed by atoms with van der Waals surface area (Å²) >= 11 is 0. The van der Waals surface area contributed by atoms with Gasteiger partial charge in [-0.25, -0.2) is 4.39 Å². The van der Waals surface area contributed by atoms with Crippen molar-refractivity contribution in [3.05, 3.63) is 35.6 Å². The Morgan fingerprint density at radius 1 is 1.20 bits per heavy atom. The fraction of sp³-hybridized carbons (Fsp3) is 0.647. The summed E-state index contributed by atoms with van der Waals surface area (Å²) in [7, 11) is 0. The molecule has 1 aromatic rings. The topological polar surface area (TPSA) is 29.3 Å². The number of nitrogens with two attached hydrogens (primary N) is 1. The molecule has 0 aromatic heterocycles. The molecule has 2 N–H and O–H groups in total. The molecule has 2 nitrogen and oxygen atoms in total. The first kappa shape index (κ1) is 15.5. The van der Waals surface area contributed by atoms with Crippen LogP contribution in [0.25, 0.3) is 0 Å². The number of rotatable bonds is 4. The van der Waals surface area contributed by atoms with Crippen LogP contribution in [-0.2, 0) is 6.42 Å². The number of hydrogen-bond acceptors (Lipinski definition) is 2. The SMILES string of the molecule is CC(C)(C(N)Cc1cccc(F)c1)N1CCCCCC1. The van der Waals surface area contributed by atoms with Crippen LogP contribution in [-0.4, -0.2) is 29.6 Å². The molecule has 112 valence electrons. The van der Waals surface area contributed by atoms with Gasteiger partial charge in [0.25, 0.3) is 0 Å². The third kappa shape index (κ3) is 3.80. The molecule has 0 saturated carbocycles. The quantitative estimate of drug-likeness (QED) is 0.915.